The molecule has 0 radical (unpaired) electrons. The van der Waals surface area contributed by atoms with Gasteiger partial charge in [0.2, 0.25) is 0 Å². The lowest BCUT2D eigenvalue weighted by molar-refractivity contribution is 0.101. The molecular weight excluding hydrogens is 306 g/mol. The van der Waals surface area contributed by atoms with Crippen LogP contribution >= 0.6 is 0 Å². The van der Waals surface area contributed by atoms with Crippen molar-refractivity contribution in [3.05, 3.63) is 35.7 Å². The van der Waals surface area contributed by atoms with Crippen LogP contribution in [0.15, 0.2) is 29.2 Å². The Morgan fingerprint density at radius 2 is 2.05 bits per heavy atom. The summed E-state index contributed by atoms with van der Waals surface area (Å²) < 4.78 is 25.1. The maximum Gasteiger partial charge on any atom is 0.274 e. The Morgan fingerprint density at radius 1 is 1.36 bits per heavy atom. The minimum absolute atomic E-state index is 0.0402. The Balaban J connectivity index is 2.35. The molecule has 2 N–H and O–H groups in total. The Kier molecular flexibility index (Phi) is 4.23. The summed E-state index contributed by atoms with van der Waals surface area (Å²) in [4.78, 5) is 12.2. The van der Waals surface area contributed by atoms with Crippen LogP contribution in [0.25, 0.3) is 0 Å². The van der Waals surface area contributed by atoms with Crippen LogP contribution in [-0.4, -0.2) is 35.0 Å². The van der Waals surface area contributed by atoms with E-state index in [1.165, 1.54) is 29.8 Å². The molecule has 8 heteroatoms. The maximum atomic E-state index is 12.2. The van der Waals surface area contributed by atoms with Gasteiger partial charge in [-0.05, 0) is 31.2 Å². The number of phenols is 1. The number of rotatable bonds is 4. The fourth-order valence-corrected chi connectivity index (χ4v) is 2.89. The third kappa shape index (κ3) is 3.11. The summed E-state index contributed by atoms with van der Waals surface area (Å²) in [7, 11) is -1.80. The molecule has 2 aromatic rings. The summed E-state index contributed by atoms with van der Waals surface area (Å²) in [5.41, 5.74) is 1.03. The number of nitrogens with zero attached hydrogens (tertiary/aromatic N) is 2. The van der Waals surface area contributed by atoms with E-state index in [1.54, 1.807) is 20.0 Å². The maximum absolute atomic E-state index is 12.2. The van der Waals surface area contributed by atoms with Gasteiger partial charge in [0.25, 0.3) is 5.91 Å². The highest BCUT2D eigenvalue weighted by atomic mass is 32.2. The SMILES string of the molecule is CCS(=O)(=O)c1ccc(O)c(NC(=O)c2cc(C)nn2C)c1. The number of aryl methyl sites for hydroxylation is 2. The fraction of sp³-hybridized carbons (Fsp3) is 0.286. The Morgan fingerprint density at radius 3 is 2.59 bits per heavy atom. The van der Waals surface area contributed by atoms with E-state index in [4.69, 9.17) is 0 Å². The van der Waals surface area contributed by atoms with Crippen molar-refractivity contribution in [2.75, 3.05) is 11.1 Å². The van der Waals surface area contributed by atoms with Gasteiger partial charge in [-0.25, -0.2) is 8.42 Å². The Hall–Kier alpha value is -2.35. The number of amides is 1. The molecule has 0 unspecified atom stereocenters. The van der Waals surface area contributed by atoms with Gasteiger partial charge in [0, 0.05) is 7.05 Å². The van der Waals surface area contributed by atoms with E-state index >= 15 is 0 Å². The number of sulfone groups is 1. The first-order chi connectivity index (χ1) is 10.2. The first kappa shape index (κ1) is 16.0. The number of benzene rings is 1. The number of carbonyl (C=O) groups is 1. The van der Waals surface area contributed by atoms with Crippen molar-refractivity contribution >= 4 is 21.4 Å². The van der Waals surface area contributed by atoms with Crippen molar-refractivity contribution in [1.82, 2.24) is 9.78 Å². The number of aromatic hydroxyl groups is 1. The lowest BCUT2D eigenvalue weighted by Crippen LogP contribution is -2.16. The number of phenolic OH excluding ortho intramolecular Hbond substituents is 1. The number of anilines is 1. The van der Waals surface area contributed by atoms with Crippen molar-refractivity contribution in [3.63, 3.8) is 0 Å². The van der Waals surface area contributed by atoms with Crippen LogP contribution in [0.3, 0.4) is 0 Å². The monoisotopic (exact) mass is 323 g/mol. The van der Waals surface area contributed by atoms with Crippen LogP contribution in [-0.2, 0) is 16.9 Å². The first-order valence-corrected chi connectivity index (χ1v) is 8.27. The zero-order valence-electron chi connectivity index (χ0n) is 12.5. The zero-order valence-corrected chi connectivity index (χ0v) is 13.3. The lowest BCUT2D eigenvalue weighted by atomic mass is 10.2. The van der Waals surface area contributed by atoms with E-state index in [2.05, 4.69) is 10.4 Å². The summed E-state index contributed by atoms with van der Waals surface area (Å²) >= 11 is 0. The van der Waals surface area contributed by atoms with E-state index in [-0.39, 0.29) is 22.1 Å². The highest BCUT2D eigenvalue weighted by molar-refractivity contribution is 7.91. The minimum Gasteiger partial charge on any atom is -0.506 e. The molecule has 118 valence electrons. The van der Waals surface area contributed by atoms with Crippen LogP contribution in [0.4, 0.5) is 5.69 Å². The van der Waals surface area contributed by atoms with E-state index in [0.717, 1.165) is 0 Å². The second-order valence-electron chi connectivity index (χ2n) is 4.83. The molecule has 1 aromatic carbocycles. The number of hydrogen-bond acceptors (Lipinski definition) is 5. The van der Waals surface area contributed by atoms with Crippen LogP contribution in [0.1, 0.15) is 23.1 Å². The fourth-order valence-electron chi connectivity index (χ4n) is 1.98. The van der Waals surface area contributed by atoms with Gasteiger partial charge >= 0.3 is 0 Å². The average molecular weight is 323 g/mol. The Bertz CT molecular complexity index is 825. The summed E-state index contributed by atoms with van der Waals surface area (Å²) in [6.07, 6.45) is 0. The van der Waals surface area contributed by atoms with E-state index in [0.29, 0.717) is 11.4 Å². The summed E-state index contributed by atoms with van der Waals surface area (Å²) in [6, 6.07) is 5.39. The third-order valence-corrected chi connectivity index (χ3v) is 4.92. The number of aromatic nitrogens is 2. The van der Waals surface area contributed by atoms with Gasteiger partial charge in [-0.15, -0.1) is 0 Å². The molecule has 7 nitrogen and oxygen atoms in total. The molecule has 0 aliphatic carbocycles. The molecule has 0 fully saturated rings. The van der Waals surface area contributed by atoms with E-state index < -0.39 is 15.7 Å². The molecule has 0 atom stereocenters. The second-order valence-corrected chi connectivity index (χ2v) is 7.11. The van der Waals surface area contributed by atoms with Crippen molar-refractivity contribution in [2.45, 2.75) is 18.7 Å². The average Bonchev–Trinajstić information content (AvgIpc) is 2.80. The molecule has 0 aliphatic rings. The molecule has 1 aromatic heterocycles. The van der Waals surface area contributed by atoms with Crippen molar-refractivity contribution < 1.29 is 18.3 Å². The van der Waals surface area contributed by atoms with Gasteiger partial charge in [-0.3, -0.25) is 9.48 Å². The predicted octanol–water partition coefficient (Wildman–Crippen LogP) is 1.48. The number of hydrogen-bond donors (Lipinski definition) is 2. The van der Waals surface area contributed by atoms with Gasteiger partial charge in [-0.1, -0.05) is 6.92 Å². The molecule has 0 saturated carbocycles. The topological polar surface area (TPSA) is 101 Å². The molecule has 0 spiro atoms. The van der Waals surface area contributed by atoms with Crippen molar-refractivity contribution in [2.24, 2.45) is 7.05 Å². The third-order valence-electron chi connectivity index (χ3n) is 3.19. The van der Waals surface area contributed by atoms with Gasteiger partial charge < -0.3 is 10.4 Å². The van der Waals surface area contributed by atoms with Crippen LogP contribution < -0.4 is 5.32 Å². The van der Waals surface area contributed by atoms with Crippen LogP contribution in [0.5, 0.6) is 5.75 Å². The molecule has 2 rings (SSSR count). The molecule has 1 heterocycles. The van der Waals surface area contributed by atoms with Crippen LogP contribution in [0, 0.1) is 6.92 Å². The van der Waals surface area contributed by atoms with Gasteiger partial charge in [0.1, 0.15) is 11.4 Å². The van der Waals surface area contributed by atoms with E-state index in [1.807, 2.05) is 0 Å². The lowest BCUT2D eigenvalue weighted by Gasteiger charge is -2.09. The molecule has 0 saturated heterocycles. The number of nitrogens with one attached hydrogen (secondary N) is 1. The minimum atomic E-state index is -3.42. The Labute approximate surface area is 128 Å². The summed E-state index contributed by atoms with van der Waals surface area (Å²) in [5, 5.41) is 16.4. The van der Waals surface area contributed by atoms with Gasteiger partial charge in [-0.2, -0.15) is 5.10 Å². The van der Waals surface area contributed by atoms with Gasteiger partial charge in [0.15, 0.2) is 9.84 Å². The van der Waals surface area contributed by atoms with Crippen LogP contribution in [0.2, 0.25) is 0 Å². The van der Waals surface area contributed by atoms with E-state index in [9.17, 15) is 18.3 Å². The molecule has 0 aliphatic heterocycles. The summed E-state index contributed by atoms with van der Waals surface area (Å²) in [5.74, 6) is -0.752. The molecule has 22 heavy (non-hydrogen) atoms. The molecular formula is C14H17N3O4S. The zero-order chi connectivity index (χ0) is 16.5. The van der Waals surface area contributed by atoms with Crippen molar-refractivity contribution in [3.8, 4) is 5.75 Å². The second kappa shape index (κ2) is 5.80. The highest BCUT2D eigenvalue weighted by Gasteiger charge is 2.17. The smallest absolute Gasteiger partial charge is 0.274 e. The quantitative estimate of drug-likeness (QED) is 0.830. The van der Waals surface area contributed by atoms with Crippen molar-refractivity contribution in [1.29, 1.82) is 0 Å². The first-order valence-electron chi connectivity index (χ1n) is 6.62. The van der Waals surface area contributed by atoms with Gasteiger partial charge in [0.05, 0.1) is 22.0 Å². The highest BCUT2D eigenvalue weighted by Crippen LogP contribution is 2.27. The summed E-state index contributed by atoms with van der Waals surface area (Å²) in [6.45, 7) is 3.28. The largest absolute Gasteiger partial charge is 0.506 e. The molecule has 0 bridgehead atoms. The molecule has 1 amide bonds. The normalized spacial score (nSPS) is 11.4. The standard InChI is InChI=1S/C14H17N3O4S/c1-4-22(20,21)10-5-6-13(18)11(8-10)15-14(19)12-7-9(2)16-17(12)3/h5-8,18H,4H2,1-3H3,(H,15,19). The number of carbonyl (C=O) groups excluding carboxylic acids is 1. The predicted molar refractivity (Wildman–Crippen MR) is 81.7 cm³/mol.